The fourth-order valence-corrected chi connectivity index (χ4v) is 3.43. The van der Waals surface area contributed by atoms with E-state index in [0.717, 1.165) is 11.6 Å². The maximum Gasteiger partial charge on any atom is 0.407 e. The van der Waals surface area contributed by atoms with Gasteiger partial charge < -0.3 is 20.7 Å². The largest absolute Gasteiger partial charge is 0.444 e. The minimum atomic E-state index is -0.682. The number of carbonyl (C=O) groups excluding carboxylic acids is 1. The summed E-state index contributed by atoms with van der Waals surface area (Å²) in [5, 5.41) is 22.7. The standard InChI is InChI=1S/C25H31FN8O2/c1-7-21(16(3)30-24(35)36-25(4,5)6)32-23-20(26)8-17(10-27)22(33-23)31-18-9-19(13-28-12-18)34-14-15(2)11-29-34/h8-9,11-14,16,21H,7H2,1-6H3,(H,30,35)(H2,31,32,33)/t16-,21+/m0/s1. The van der Waals surface area contributed by atoms with E-state index in [1.807, 2.05) is 26.1 Å². The van der Waals surface area contributed by atoms with Gasteiger partial charge in [0.2, 0.25) is 0 Å². The number of pyridine rings is 2. The Bertz CT molecular complexity index is 1260. The van der Waals surface area contributed by atoms with Gasteiger partial charge in [0.15, 0.2) is 17.5 Å². The Balaban J connectivity index is 1.81. The van der Waals surface area contributed by atoms with Crippen molar-refractivity contribution in [1.82, 2.24) is 25.1 Å². The van der Waals surface area contributed by atoms with Gasteiger partial charge in [0, 0.05) is 18.3 Å². The van der Waals surface area contributed by atoms with Gasteiger partial charge in [0.05, 0.1) is 35.5 Å². The summed E-state index contributed by atoms with van der Waals surface area (Å²) in [6, 6.07) is 4.13. The van der Waals surface area contributed by atoms with Crippen LogP contribution in [0.3, 0.4) is 0 Å². The Kier molecular flexibility index (Phi) is 8.09. The number of nitrogens with one attached hydrogen (secondary N) is 3. The second-order valence-electron chi connectivity index (χ2n) is 9.44. The number of anilines is 3. The number of ether oxygens (including phenoxy) is 1. The minimum Gasteiger partial charge on any atom is -0.444 e. The number of alkyl carbamates (subject to hydrolysis) is 1. The van der Waals surface area contributed by atoms with Crippen molar-refractivity contribution in [3.8, 4) is 11.8 Å². The van der Waals surface area contributed by atoms with Gasteiger partial charge in [-0.3, -0.25) is 4.98 Å². The summed E-state index contributed by atoms with van der Waals surface area (Å²) in [5.74, 6) is -0.563. The van der Waals surface area contributed by atoms with Gasteiger partial charge in [-0.25, -0.2) is 18.9 Å². The molecule has 36 heavy (non-hydrogen) atoms. The summed E-state index contributed by atoms with van der Waals surface area (Å²) >= 11 is 0. The van der Waals surface area contributed by atoms with E-state index >= 15 is 0 Å². The number of rotatable bonds is 8. The number of halogens is 1. The highest BCUT2D eigenvalue weighted by Crippen LogP contribution is 2.25. The number of aromatic nitrogens is 4. The molecule has 3 rings (SSSR count). The lowest BCUT2D eigenvalue weighted by Crippen LogP contribution is -2.46. The Morgan fingerprint density at radius 3 is 2.61 bits per heavy atom. The molecule has 3 aromatic rings. The number of nitrogens with zero attached hydrogens (tertiary/aromatic N) is 5. The van der Waals surface area contributed by atoms with Crippen molar-refractivity contribution in [3.05, 3.63) is 53.9 Å². The molecule has 0 unspecified atom stereocenters. The van der Waals surface area contributed by atoms with Crippen LogP contribution in [0.15, 0.2) is 36.9 Å². The lowest BCUT2D eigenvalue weighted by molar-refractivity contribution is 0.0503. The molecule has 0 saturated carbocycles. The van der Waals surface area contributed by atoms with Gasteiger partial charge in [0.1, 0.15) is 11.7 Å². The van der Waals surface area contributed by atoms with Gasteiger partial charge in [-0.05, 0) is 58.7 Å². The van der Waals surface area contributed by atoms with Crippen LogP contribution < -0.4 is 16.0 Å². The first kappa shape index (κ1) is 26.4. The SMILES string of the molecule is CC[C@@H](Nc1nc(Nc2cncc(-n3cc(C)cn3)c2)c(C#N)cc1F)[C@H](C)NC(=O)OC(C)(C)C. The van der Waals surface area contributed by atoms with E-state index in [4.69, 9.17) is 4.74 Å². The molecule has 3 aromatic heterocycles. The third-order valence-corrected chi connectivity index (χ3v) is 5.17. The van der Waals surface area contributed by atoms with Crippen molar-refractivity contribution in [1.29, 1.82) is 5.26 Å². The molecule has 0 saturated heterocycles. The normalized spacial score (nSPS) is 12.8. The molecule has 0 aliphatic heterocycles. The summed E-state index contributed by atoms with van der Waals surface area (Å²) in [5.41, 5.74) is 1.65. The summed E-state index contributed by atoms with van der Waals surface area (Å²) in [6.45, 7) is 11.0. The average molecular weight is 495 g/mol. The van der Waals surface area contributed by atoms with Crippen LogP contribution in [0.2, 0.25) is 0 Å². The first-order valence-corrected chi connectivity index (χ1v) is 11.6. The lowest BCUT2D eigenvalue weighted by Gasteiger charge is -2.27. The summed E-state index contributed by atoms with van der Waals surface area (Å²) in [6.07, 6.45) is 6.81. The van der Waals surface area contributed by atoms with E-state index in [2.05, 4.69) is 31.0 Å². The molecule has 2 atom stereocenters. The molecular formula is C25H31FN8O2. The monoisotopic (exact) mass is 494 g/mol. The van der Waals surface area contributed by atoms with Gasteiger partial charge in [-0.15, -0.1) is 0 Å². The fraction of sp³-hybridized carbons (Fsp3) is 0.400. The molecule has 0 aliphatic rings. The van der Waals surface area contributed by atoms with E-state index in [-0.39, 0.29) is 23.2 Å². The molecule has 0 fully saturated rings. The maximum absolute atomic E-state index is 14.8. The number of nitriles is 1. The Labute approximate surface area is 209 Å². The molecule has 190 valence electrons. The molecule has 0 aromatic carbocycles. The van der Waals surface area contributed by atoms with Gasteiger partial charge in [0.25, 0.3) is 0 Å². The molecule has 0 spiro atoms. The number of carbonyl (C=O) groups is 1. The first-order valence-electron chi connectivity index (χ1n) is 11.6. The Hall–Kier alpha value is -4.20. The van der Waals surface area contributed by atoms with Crippen molar-refractivity contribution >= 4 is 23.4 Å². The lowest BCUT2D eigenvalue weighted by atomic mass is 10.1. The second kappa shape index (κ2) is 11.0. The minimum absolute atomic E-state index is 0.0337. The smallest absolute Gasteiger partial charge is 0.407 e. The van der Waals surface area contributed by atoms with Gasteiger partial charge >= 0.3 is 6.09 Å². The second-order valence-corrected chi connectivity index (χ2v) is 9.44. The predicted molar refractivity (Wildman–Crippen MR) is 135 cm³/mol. The topological polar surface area (TPSA) is 130 Å². The quantitative estimate of drug-likeness (QED) is 0.406. The number of hydrogen-bond acceptors (Lipinski definition) is 8. The van der Waals surface area contributed by atoms with Crippen LogP contribution in [-0.4, -0.2) is 43.5 Å². The van der Waals surface area contributed by atoms with Crippen molar-refractivity contribution in [2.45, 2.75) is 65.6 Å². The number of hydrogen-bond donors (Lipinski definition) is 3. The van der Waals surface area contributed by atoms with Crippen LogP contribution in [-0.2, 0) is 4.74 Å². The number of aryl methyl sites for hydroxylation is 1. The molecule has 1 amide bonds. The zero-order valence-electron chi connectivity index (χ0n) is 21.3. The van der Waals surface area contributed by atoms with Crippen LogP contribution in [0.25, 0.3) is 5.69 Å². The predicted octanol–water partition coefficient (Wildman–Crippen LogP) is 4.83. The highest BCUT2D eigenvalue weighted by atomic mass is 19.1. The summed E-state index contributed by atoms with van der Waals surface area (Å²) < 4.78 is 21.8. The van der Waals surface area contributed by atoms with Crippen molar-refractivity contribution in [2.75, 3.05) is 10.6 Å². The van der Waals surface area contributed by atoms with Crippen molar-refractivity contribution in [3.63, 3.8) is 0 Å². The maximum atomic E-state index is 14.8. The molecule has 11 heteroatoms. The van der Waals surface area contributed by atoms with Gasteiger partial charge in [-0.1, -0.05) is 6.92 Å². The molecule has 3 N–H and O–H groups in total. The van der Waals surface area contributed by atoms with E-state index < -0.39 is 23.6 Å². The third-order valence-electron chi connectivity index (χ3n) is 5.17. The zero-order valence-corrected chi connectivity index (χ0v) is 21.3. The van der Waals surface area contributed by atoms with Crippen molar-refractivity contribution < 1.29 is 13.9 Å². The van der Waals surface area contributed by atoms with Crippen LogP contribution in [0.1, 0.15) is 52.2 Å². The molecule has 0 aliphatic carbocycles. The molecule has 0 radical (unpaired) electrons. The zero-order chi connectivity index (χ0) is 26.5. The highest BCUT2D eigenvalue weighted by molar-refractivity contribution is 5.68. The van der Waals surface area contributed by atoms with Crippen molar-refractivity contribution in [2.24, 2.45) is 0 Å². The number of amides is 1. The summed E-state index contributed by atoms with van der Waals surface area (Å²) in [4.78, 5) is 20.7. The Morgan fingerprint density at radius 2 is 2.00 bits per heavy atom. The van der Waals surface area contributed by atoms with Crippen LogP contribution in [0, 0.1) is 24.1 Å². The third kappa shape index (κ3) is 6.91. The van der Waals surface area contributed by atoms with Crippen LogP contribution in [0.5, 0.6) is 0 Å². The molecule has 0 bridgehead atoms. The molecule has 10 nitrogen and oxygen atoms in total. The fourth-order valence-electron chi connectivity index (χ4n) is 3.43. The van der Waals surface area contributed by atoms with E-state index in [1.54, 1.807) is 57.0 Å². The Morgan fingerprint density at radius 1 is 1.25 bits per heavy atom. The van der Waals surface area contributed by atoms with E-state index in [1.165, 1.54) is 0 Å². The van der Waals surface area contributed by atoms with E-state index in [9.17, 15) is 14.4 Å². The molecular weight excluding hydrogens is 463 g/mol. The van der Waals surface area contributed by atoms with E-state index in [0.29, 0.717) is 17.8 Å². The highest BCUT2D eigenvalue weighted by Gasteiger charge is 2.23. The molecule has 3 heterocycles. The van der Waals surface area contributed by atoms with Crippen LogP contribution in [0.4, 0.5) is 26.5 Å². The van der Waals surface area contributed by atoms with Gasteiger partial charge in [-0.2, -0.15) is 10.4 Å². The average Bonchev–Trinajstić information content (AvgIpc) is 3.24. The first-order chi connectivity index (χ1) is 17.0. The van der Waals surface area contributed by atoms with Crippen LogP contribution >= 0.6 is 0 Å². The summed E-state index contributed by atoms with van der Waals surface area (Å²) in [7, 11) is 0.